The van der Waals surface area contributed by atoms with E-state index in [1.54, 1.807) is 0 Å². The summed E-state index contributed by atoms with van der Waals surface area (Å²) in [5.41, 5.74) is 2.78. The van der Waals surface area contributed by atoms with Crippen molar-refractivity contribution in [3.63, 3.8) is 0 Å². The molecule has 0 amide bonds. The molecule has 0 atom stereocenters. The zero-order valence-corrected chi connectivity index (χ0v) is 11.5. The number of rotatable bonds is 2. The Kier molecular flexibility index (Phi) is 3.96. The number of thioether (sulfide) groups is 1. The Bertz CT molecular complexity index is 350. The average Bonchev–Trinajstić information content (AvgIpc) is 2.49. The number of anilines is 2. The van der Waals surface area contributed by atoms with Crippen LogP contribution >= 0.6 is 11.8 Å². The van der Waals surface area contributed by atoms with Crippen LogP contribution in [0.4, 0.5) is 11.4 Å². The fourth-order valence-corrected chi connectivity index (χ4v) is 3.51. The summed E-state index contributed by atoms with van der Waals surface area (Å²) in [7, 11) is 0. The zero-order chi connectivity index (χ0) is 12.2. The van der Waals surface area contributed by atoms with Gasteiger partial charge in [0.1, 0.15) is 0 Å². The first-order chi connectivity index (χ1) is 8.95. The molecule has 0 radical (unpaired) electrons. The van der Waals surface area contributed by atoms with Crippen molar-refractivity contribution in [2.75, 3.05) is 60.7 Å². The minimum atomic E-state index is 0.851. The normalized spacial score (nSPS) is 21.1. The van der Waals surface area contributed by atoms with Crippen molar-refractivity contribution in [2.24, 2.45) is 0 Å². The topological polar surface area (TPSA) is 15.7 Å². The maximum atomic E-state index is 5.45. The van der Waals surface area contributed by atoms with Crippen LogP contribution in [0.3, 0.4) is 0 Å². The van der Waals surface area contributed by atoms with E-state index in [0.717, 1.165) is 26.3 Å². The van der Waals surface area contributed by atoms with Crippen LogP contribution in [0.15, 0.2) is 24.3 Å². The largest absolute Gasteiger partial charge is 0.378 e. The number of para-hydroxylation sites is 2. The van der Waals surface area contributed by atoms with Crippen molar-refractivity contribution in [3.05, 3.63) is 24.3 Å². The third kappa shape index (κ3) is 2.59. The van der Waals surface area contributed by atoms with Gasteiger partial charge in [0.25, 0.3) is 0 Å². The van der Waals surface area contributed by atoms with Crippen LogP contribution in [-0.2, 0) is 4.74 Å². The Balaban J connectivity index is 1.83. The highest BCUT2D eigenvalue weighted by Crippen LogP contribution is 2.31. The van der Waals surface area contributed by atoms with Gasteiger partial charge in [0, 0.05) is 37.7 Å². The van der Waals surface area contributed by atoms with Gasteiger partial charge in [-0.2, -0.15) is 11.8 Å². The highest BCUT2D eigenvalue weighted by atomic mass is 32.2. The molecule has 2 aliphatic heterocycles. The molecule has 1 aromatic carbocycles. The molecule has 1 aromatic rings. The Hall–Kier alpha value is -0.870. The number of nitrogens with zero attached hydrogens (tertiary/aromatic N) is 2. The van der Waals surface area contributed by atoms with E-state index in [9.17, 15) is 0 Å². The lowest BCUT2D eigenvalue weighted by atomic mass is 10.2. The third-order valence-corrected chi connectivity index (χ3v) is 4.53. The Morgan fingerprint density at radius 3 is 2.00 bits per heavy atom. The molecule has 0 saturated carbocycles. The first-order valence-corrected chi connectivity index (χ1v) is 7.85. The van der Waals surface area contributed by atoms with Crippen molar-refractivity contribution in [1.82, 2.24) is 0 Å². The molecular weight excluding hydrogens is 244 g/mol. The fraction of sp³-hybridized carbons (Fsp3) is 0.571. The van der Waals surface area contributed by atoms with Crippen LogP contribution in [-0.4, -0.2) is 50.9 Å². The molecule has 2 fully saturated rings. The lowest BCUT2D eigenvalue weighted by Gasteiger charge is -2.35. The van der Waals surface area contributed by atoms with Gasteiger partial charge in [-0.05, 0) is 12.1 Å². The summed E-state index contributed by atoms with van der Waals surface area (Å²) in [5, 5.41) is 0. The summed E-state index contributed by atoms with van der Waals surface area (Å²) in [5.74, 6) is 2.49. The van der Waals surface area contributed by atoms with Crippen LogP contribution in [0.5, 0.6) is 0 Å². The summed E-state index contributed by atoms with van der Waals surface area (Å²) < 4.78 is 5.45. The van der Waals surface area contributed by atoms with Gasteiger partial charge in [-0.1, -0.05) is 12.1 Å². The molecule has 2 aliphatic rings. The molecule has 98 valence electrons. The van der Waals surface area contributed by atoms with Crippen LogP contribution in [0, 0.1) is 0 Å². The predicted molar refractivity (Wildman–Crippen MR) is 79.0 cm³/mol. The summed E-state index contributed by atoms with van der Waals surface area (Å²) in [6.45, 7) is 6.08. The van der Waals surface area contributed by atoms with E-state index in [4.69, 9.17) is 4.74 Å². The van der Waals surface area contributed by atoms with E-state index in [1.807, 2.05) is 0 Å². The van der Waals surface area contributed by atoms with Crippen LogP contribution in [0.2, 0.25) is 0 Å². The van der Waals surface area contributed by atoms with Gasteiger partial charge in [0.15, 0.2) is 0 Å². The average molecular weight is 264 g/mol. The van der Waals surface area contributed by atoms with Gasteiger partial charge in [0.05, 0.1) is 24.6 Å². The van der Waals surface area contributed by atoms with Crippen molar-refractivity contribution in [1.29, 1.82) is 0 Å². The quantitative estimate of drug-likeness (QED) is 0.812. The van der Waals surface area contributed by atoms with Crippen molar-refractivity contribution in [3.8, 4) is 0 Å². The van der Waals surface area contributed by atoms with Crippen molar-refractivity contribution < 1.29 is 4.74 Å². The van der Waals surface area contributed by atoms with Gasteiger partial charge < -0.3 is 14.5 Å². The molecule has 2 saturated heterocycles. The molecule has 0 bridgehead atoms. The highest BCUT2D eigenvalue weighted by Gasteiger charge is 2.19. The second-order valence-corrected chi connectivity index (χ2v) is 5.91. The lowest BCUT2D eigenvalue weighted by molar-refractivity contribution is 0.122. The minimum absolute atomic E-state index is 0.851. The second-order valence-electron chi connectivity index (χ2n) is 4.69. The van der Waals surface area contributed by atoms with Crippen molar-refractivity contribution in [2.45, 2.75) is 0 Å². The zero-order valence-electron chi connectivity index (χ0n) is 10.7. The number of benzene rings is 1. The highest BCUT2D eigenvalue weighted by molar-refractivity contribution is 7.99. The van der Waals surface area contributed by atoms with E-state index in [1.165, 1.54) is 36.0 Å². The summed E-state index contributed by atoms with van der Waals surface area (Å²) in [6.07, 6.45) is 0. The van der Waals surface area contributed by atoms with E-state index in [2.05, 4.69) is 45.8 Å². The molecule has 3 rings (SSSR count). The molecule has 3 nitrogen and oxygen atoms in total. The monoisotopic (exact) mass is 264 g/mol. The molecule has 0 N–H and O–H groups in total. The molecule has 4 heteroatoms. The lowest BCUT2D eigenvalue weighted by Crippen LogP contribution is -2.39. The smallest absolute Gasteiger partial charge is 0.0642 e. The number of hydrogen-bond acceptors (Lipinski definition) is 4. The fourth-order valence-electron chi connectivity index (χ4n) is 2.61. The van der Waals surface area contributed by atoms with Gasteiger partial charge >= 0.3 is 0 Å². The van der Waals surface area contributed by atoms with Crippen LogP contribution in [0.25, 0.3) is 0 Å². The van der Waals surface area contributed by atoms with E-state index in [0.29, 0.717) is 0 Å². The van der Waals surface area contributed by atoms with Gasteiger partial charge in [-0.15, -0.1) is 0 Å². The third-order valence-electron chi connectivity index (χ3n) is 3.59. The second kappa shape index (κ2) is 5.85. The Labute approximate surface area is 113 Å². The molecule has 0 aromatic heterocycles. The molecule has 0 unspecified atom stereocenters. The molecule has 18 heavy (non-hydrogen) atoms. The van der Waals surface area contributed by atoms with Crippen LogP contribution in [0.1, 0.15) is 0 Å². The first kappa shape index (κ1) is 12.2. The number of morpholine rings is 1. The Morgan fingerprint density at radius 2 is 1.39 bits per heavy atom. The first-order valence-electron chi connectivity index (χ1n) is 6.69. The standard InChI is InChI=1S/C14H20N2OS/c1-2-4-14(16-7-11-18-12-8-16)13(3-1)15-5-9-17-10-6-15/h1-4H,5-12H2. The summed E-state index contributed by atoms with van der Waals surface area (Å²) in [4.78, 5) is 4.99. The maximum absolute atomic E-state index is 5.45. The molecule has 2 heterocycles. The Morgan fingerprint density at radius 1 is 0.833 bits per heavy atom. The maximum Gasteiger partial charge on any atom is 0.0642 e. The SMILES string of the molecule is c1ccc(N2CCSCC2)c(N2CCOCC2)c1. The molecule has 0 aliphatic carbocycles. The van der Waals surface area contributed by atoms with Crippen molar-refractivity contribution >= 4 is 23.1 Å². The van der Waals surface area contributed by atoms with Gasteiger partial charge in [-0.3, -0.25) is 0 Å². The molecule has 0 spiro atoms. The molecular formula is C14H20N2OS. The van der Waals surface area contributed by atoms with Crippen LogP contribution < -0.4 is 9.80 Å². The predicted octanol–water partition coefficient (Wildman–Crippen LogP) is 2.08. The van der Waals surface area contributed by atoms with Gasteiger partial charge in [0.2, 0.25) is 0 Å². The van der Waals surface area contributed by atoms with E-state index < -0.39 is 0 Å². The van der Waals surface area contributed by atoms with E-state index >= 15 is 0 Å². The number of hydrogen-bond donors (Lipinski definition) is 0. The summed E-state index contributed by atoms with van der Waals surface area (Å²) in [6, 6.07) is 8.82. The minimum Gasteiger partial charge on any atom is -0.378 e. The summed E-state index contributed by atoms with van der Waals surface area (Å²) >= 11 is 2.06. The number of ether oxygens (including phenoxy) is 1. The van der Waals surface area contributed by atoms with E-state index in [-0.39, 0.29) is 0 Å². The van der Waals surface area contributed by atoms with Gasteiger partial charge in [-0.25, -0.2) is 0 Å².